The third kappa shape index (κ3) is 5.04. The van der Waals surface area contributed by atoms with Gasteiger partial charge in [-0.3, -0.25) is 19.3 Å². The second-order valence-corrected chi connectivity index (χ2v) is 13.1. The smallest absolute Gasteiger partial charge is 0.296 e. The van der Waals surface area contributed by atoms with Crippen LogP contribution in [0.2, 0.25) is 0 Å². The molecule has 13 heteroatoms. The number of amides is 1. The minimum atomic E-state index is -4.13. The summed E-state index contributed by atoms with van der Waals surface area (Å²) in [5, 5.41) is 4.96. The van der Waals surface area contributed by atoms with Gasteiger partial charge in [0.2, 0.25) is 5.91 Å². The fourth-order valence-electron chi connectivity index (χ4n) is 4.57. The van der Waals surface area contributed by atoms with Crippen LogP contribution in [0.15, 0.2) is 52.4 Å². The molecule has 2 aliphatic heterocycles. The Labute approximate surface area is 208 Å². The van der Waals surface area contributed by atoms with E-state index in [0.29, 0.717) is 5.56 Å². The summed E-state index contributed by atoms with van der Waals surface area (Å²) in [5.41, 5.74) is -0.223. The fraction of sp³-hybridized carbons (Fsp3) is 0.348. The molecule has 0 bridgehead atoms. The Hall–Kier alpha value is -3.16. The Morgan fingerprint density at radius 2 is 1.78 bits per heavy atom. The van der Waals surface area contributed by atoms with Gasteiger partial charge in [0.05, 0.1) is 33.8 Å². The van der Waals surface area contributed by atoms with Crippen molar-refractivity contribution >= 4 is 48.8 Å². The van der Waals surface area contributed by atoms with Gasteiger partial charge in [-0.1, -0.05) is 32.9 Å². The maximum absolute atomic E-state index is 13.6. The lowest BCUT2D eigenvalue weighted by Gasteiger charge is -2.33. The van der Waals surface area contributed by atoms with Crippen molar-refractivity contribution in [2.75, 3.05) is 10.5 Å². The highest BCUT2D eigenvalue weighted by Crippen LogP contribution is 2.39. The van der Waals surface area contributed by atoms with Crippen molar-refractivity contribution in [1.82, 2.24) is 4.90 Å². The zero-order valence-electron chi connectivity index (χ0n) is 19.7. The third-order valence-electron chi connectivity index (χ3n) is 5.97. The molecule has 2 aromatic rings. The van der Waals surface area contributed by atoms with E-state index < -0.39 is 60.7 Å². The van der Waals surface area contributed by atoms with Crippen molar-refractivity contribution in [3.8, 4) is 0 Å². The van der Waals surface area contributed by atoms with Gasteiger partial charge in [0, 0.05) is 6.54 Å². The molecule has 2 atom stereocenters. The molecular formula is C23H25FN4O6S2. The number of carbonyl (C=O) groups is 2. The lowest BCUT2D eigenvalue weighted by Crippen LogP contribution is -2.44. The van der Waals surface area contributed by atoms with Crippen molar-refractivity contribution in [2.45, 2.75) is 38.3 Å². The van der Waals surface area contributed by atoms with Crippen LogP contribution in [0.5, 0.6) is 0 Å². The van der Waals surface area contributed by atoms with Gasteiger partial charge in [-0.25, -0.2) is 17.9 Å². The largest absolute Gasteiger partial charge is 0.327 e. The van der Waals surface area contributed by atoms with Gasteiger partial charge in [-0.15, -0.1) is 0 Å². The molecule has 0 saturated carbocycles. The number of benzene rings is 2. The van der Waals surface area contributed by atoms with E-state index in [4.69, 9.17) is 5.14 Å². The van der Waals surface area contributed by atoms with E-state index in [9.17, 15) is 30.8 Å². The minimum Gasteiger partial charge on any atom is -0.327 e. The summed E-state index contributed by atoms with van der Waals surface area (Å²) in [4.78, 5) is 32.6. The number of fused-ring (bicyclic) bond motifs is 1. The zero-order valence-corrected chi connectivity index (χ0v) is 21.4. The first-order chi connectivity index (χ1) is 16.6. The van der Waals surface area contributed by atoms with E-state index in [1.54, 1.807) is 20.8 Å². The van der Waals surface area contributed by atoms with Crippen LogP contribution in [-0.4, -0.2) is 50.9 Å². The molecule has 4 rings (SSSR count). The molecule has 10 nitrogen and oxygen atoms in total. The molecule has 36 heavy (non-hydrogen) atoms. The van der Waals surface area contributed by atoms with Crippen molar-refractivity contribution in [3.63, 3.8) is 0 Å². The predicted molar refractivity (Wildman–Crippen MR) is 131 cm³/mol. The quantitative estimate of drug-likeness (QED) is 0.556. The molecule has 3 N–H and O–H groups in total. The summed E-state index contributed by atoms with van der Waals surface area (Å²) in [7, 11) is -8.19. The summed E-state index contributed by atoms with van der Waals surface area (Å²) in [6.07, 6.45) is 0. The van der Waals surface area contributed by atoms with Crippen LogP contribution >= 0.6 is 0 Å². The number of ketones is 1. The van der Waals surface area contributed by atoms with E-state index in [-0.39, 0.29) is 28.5 Å². The summed E-state index contributed by atoms with van der Waals surface area (Å²) < 4.78 is 64.2. The number of anilines is 1. The number of nitrogens with zero attached hydrogens (tertiary/aromatic N) is 2. The maximum Gasteiger partial charge on any atom is 0.296 e. The molecule has 0 spiro atoms. The lowest BCUT2D eigenvalue weighted by atomic mass is 9.82. The number of hydrogen-bond acceptors (Lipinski definition) is 7. The van der Waals surface area contributed by atoms with Crippen LogP contribution in [0.3, 0.4) is 0 Å². The number of carbonyl (C=O) groups excluding carboxylic acids is 2. The summed E-state index contributed by atoms with van der Waals surface area (Å²) in [6, 6.07) is 8.35. The van der Waals surface area contributed by atoms with Gasteiger partial charge in [-0.2, -0.15) is 8.42 Å². The molecule has 2 aliphatic rings. The van der Waals surface area contributed by atoms with E-state index in [0.717, 1.165) is 6.07 Å². The first-order valence-corrected chi connectivity index (χ1v) is 14.1. The number of halogens is 1. The van der Waals surface area contributed by atoms with Crippen LogP contribution in [0, 0.1) is 17.2 Å². The number of sulfone groups is 1. The second-order valence-electron chi connectivity index (χ2n) is 9.89. The molecule has 0 radical (unpaired) electrons. The first-order valence-electron chi connectivity index (χ1n) is 10.9. The Morgan fingerprint density at radius 1 is 1.14 bits per heavy atom. The maximum atomic E-state index is 13.6. The average molecular weight is 537 g/mol. The SMILES string of the molecule is CC(C)(C)[C@H]1C(=O)C(C2=Nc3ccc(NS(N)(=O)=O)cc3S(=O)(=O)C2)C(=O)N1Cc1ccc(F)cc1. The number of nitrogens with two attached hydrogens (primary N) is 1. The average Bonchev–Trinajstić information content (AvgIpc) is 2.98. The summed E-state index contributed by atoms with van der Waals surface area (Å²) >= 11 is 0. The van der Waals surface area contributed by atoms with Crippen molar-refractivity contribution in [2.24, 2.45) is 21.5 Å². The fourth-order valence-corrected chi connectivity index (χ4v) is 6.54. The van der Waals surface area contributed by atoms with Crippen molar-refractivity contribution < 1.29 is 30.8 Å². The van der Waals surface area contributed by atoms with E-state index in [2.05, 4.69) is 4.99 Å². The van der Waals surface area contributed by atoms with Gasteiger partial charge in [0.1, 0.15) is 11.7 Å². The molecular weight excluding hydrogens is 511 g/mol. The molecule has 1 fully saturated rings. The third-order valence-corrected chi connectivity index (χ3v) is 8.17. The van der Waals surface area contributed by atoms with Gasteiger partial charge in [-0.05, 0) is 41.3 Å². The molecule has 0 aromatic heterocycles. The Balaban J connectivity index is 1.74. The summed E-state index contributed by atoms with van der Waals surface area (Å²) in [5.74, 6) is -3.54. The Morgan fingerprint density at radius 3 is 2.36 bits per heavy atom. The number of nitrogens with one attached hydrogen (secondary N) is 1. The molecule has 0 aliphatic carbocycles. The van der Waals surface area contributed by atoms with Gasteiger partial charge < -0.3 is 4.90 Å². The number of rotatable bonds is 5. The molecule has 2 heterocycles. The summed E-state index contributed by atoms with van der Waals surface area (Å²) in [6.45, 7) is 5.45. The number of aliphatic imine (C=N–C) groups is 1. The highest BCUT2D eigenvalue weighted by atomic mass is 32.2. The Kier molecular flexibility index (Phi) is 6.30. The van der Waals surface area contributed by atoms with Crippen LogP contribution in [-0.2, 0) is 36.2 Å². The zero-order chi connectivity index (χ0) is 26.6. The van der Waals surface area contributed by atoms with Gasteiger partial charge >= 0.3 is 0 Å². The number of hydrogen-bond donors (Lipinski definition) is 2. The van der Waals surface area contributed by atoms with Crippen LogP contribution in [0.4, 0.5) is 15.8 Å². The van der Waals surface area contributed by atoms with Gasteiger partial charge in [0.15, 0.2) is 15.6 Å². The van der Waals surface area contributed by atoms with Crippen LogP contribution in [0.25, 0.3) is 0 Å². The number of Topliss-reactive ketones (excluding diaryl/α,β-unsaturated/α-hetero) is 1. The highest BCUT2D eigenvalue weighted by Gasteiger charge is 2.54. The van der Waals surface area contributed by atoms with Crippen LogP contribution in [0.1, 0.15) is 26.3 Å². The predicted octanol–water partition coefficient (Wildman–Crippen LogP) is 1.94. The number of likely N-dealkylation sites (tertiary alicyclic amines) is 1. The Bertz CT molecular complexity index is 1500. The van der Waals surface area contributed by atoms with Gasteiger partial charge in [0.25, 0.3) is 10.2 Å². The lowest BCUT2D eigenvalue weighted by molar-refractivity contribution is -0.132. The second kappa shape index (κ2) is 8.75. The van der Waals surface area contributed by atoms with E-state index >= 15 is 0 Å². The topological polar surface area (TPSA) is 156 Å². The molecule has 192 valence electrons. The molecule has 2 aromatic carbocycles. The normalized spacial score (nSPS) is 21.8. The standard InChI is InChI=1S/C23H25FN4O6S2/c1-23(2,3)21-20(29)19(22(30)28(21)11-13-4-6-14(24)7-5-13)17-12-35(31,32)18-10-15(27-36(25,33)34)8-9-16(18)26-17/h4-10,19,21,27H,11-12H2,1-3H3,(H2,25,33,34)/t19?,21-/m1/s1. The molecule has 1 unspecified atom stereocenters. The monoisotopic (exact) mass is 536 g/mol. The highest BCUT2D eigenvalue weighted by molar-refractivity contribution is 7.92. The van der Waals surface area contributed by atoms with E-state index in [1.807, 2.05) is 4.72 Å². The molecule has 1 saturated heterocycles. The minimum absolute atomic E-state index is 0.0129. The van der Waals surface area contributed by atoms with Crippen molar-refractivity contribution in [1.29, 1.82) is 0 Å². The van der Waals surface area contributed by atoms with E-state index in [1.165, 1.54) is 41.3 Å². The molecule has 1 amide bonds. The van der Waals surface area contributed by atoms with Crippen molar-refractivity contribution in [3.05, 3.63) is 53.8 Å². The first kappa shape index (κ1) is 25.9. The van der Waals surface area contributed by atoms with Crippen LogP contribution < -0.4 is 9.86 Å².